The van der Waals surface area contributed by atoms with Crippen LogP contribution in [0.5, 0.6) is 5.75 Å². The summed E-state index contributed by atoms with van der Waals surface area (Å²) in [5.41, 5.74) is 2.10. The van der Waals surface area contributed by atoms with E-state index in [-0.39, 0.29) is 23.4 Å². The number of ether oxygens (including phenoxy) is 1. The van der Waals surface area contributed by atoms with E-state index in [4.69, 9.17) is 4.74 Å². The van der Waals surface area contributed by atoms with E-state index < -0.39 is 28.5 Å². The highest BCUT2D eigenvalue weighted by molar-refractivity contribution is 7.92. The summed E-state index contributed by atoms with van der Waals surface area (Å²) in [5.74, 6) is -0.0693. The summed E-state index contributed by atoms with van der Waals surface area (Å²) >= 11 is 0. The molecule has 224 valence electrons. The van der Waals surface area contributed by atoms with E-state index >= 15 is 0 Å². The summed E-state index contributed by atoms with van der Waals surface area (Å²) < 4.78 is 34.7. The van der Waals surface area contributed by atoms with Crippen molar-refractivity contribution in [3.05, 3.63) is 90.0 Å². The Morgan fingerprint density at radius 2 is 1.57 bits per heavy atom. The fourth-order valence-corrected chi connectivity index (χ4v) is 6.72. The summed E-state index contributed by atoms with van der Waals surface area (Å²) in [6, 6.07) is 22.0. The Kier molecular flexibility index (Phi) is 10.6. The maximum atomic E-state index is 14.2. The van der Waals surface area contributed by atoms with Crippen molar-refractivity contribution in [2.24, 2.45) is 0 Å². The Morgan fingerprint density at radius 1 is 0.929 bits per heavy atom. The van der Waals surface area contributed by atoms with E-state index in [1.165, 1.54) is 4.90 Å². The Labute approximate surface area is 249 Å². The van der Waals surface area contributed by atoms with Crippen LogP contribution in [0.1, 0.15) is 57.1 Å². The van der Waals surface area contributed by atoms with Crippen LogP contribution in [0.3, 0.4) is 0 Å². The number of carbonyl (C=O) groups excluding carboxylic acids is 2. The van der Waals surface area contributed by atoms with Gasteiger partial charge in [-0.05, 0) is 75.1 Å². The predicted octanol–water partition coefficient (Wildman–Crippen LogP) is 5.46. The van der Waals surface area contributed by atoms with Gasteiger partial charge in [-0.2, -0.15) is 0 Å². The molecule has 1 N–H and O–H groups in total. The second kappa shape index (κ2) is 14.4. The first-order valence-electron chi connectivity index (χ1n) is 14.7. The van der Waals surface area contributed by atoms with Crippen LogP contribution < -0.4 is 14.4 Å². The van der Waals surface area contributed by atoms with Crippen LogP contribution in [0.2, 0.25) is 0 Å². The molecule has 8 nitrogen and oxygen atoms in total. The average Bonchev–Trinajstić information content (AvgIpc) is 3.50. The molecule has 9 heteroatoms. The van der Waals surface area contributed by atoms with Crippen molar-refractivity contribution in [1.29, 1.82) is 0 Å². The number of carbonyl (C=O) groups is 2. The van der Waals surface area contributed by atoms with Gasteiger partial charge in [0.2, 0.25) is 11.8 Å². The Hall–Kier alpha value is -3.85. The molecule has 0 bridgehead atoms. The van der Waals surface area contributed by atoms with Gasteiger partial charge in [0.1, 0.15) is 18.3 Å². The van der Waals surface area contributed by atoms with E-state index in [1.807, 2.05) is 51.1 Å². The van der Waals surface area contributed by atoms with Crippen LogP contribution in [-0.2, 0) is 26.2 Å². The second-order valence-electron chi connectivity index (χ2n) is 10.7. The number of amides is 2. The van der Waals surface area contributed by atoms with Crippen molar-refractivity contribution < 1.29 is 22.7 Å². The van der Waals surface area contributed by atoms with E-state index in [2.05, 4.69) is 5.32 Å². The van der Waals surface area contributed by atoms with E-state index in [0.29, 0.717) is 24.5 Å². The third-order valence-electron chi connectivity index (χ3n) is 7.61. The molecule has 0 aliphatic heterocycles. The topological polar surface area (TPSA) is 96.0 Å². The number of anilines is 1. The number of aryl methyl sites for hydroxylation is 1. The molecule has 1 saturated carbocycles. The molecule has 4 rings (SSSR count). The van der Waals surface area contributed by atoms with Gasteiger partial charge in [-0.1, -0.05) is 67.8 Å². The number of rotatable bonds is 13. The molecule has 42 heavy (non-hydrogen) atoms. The number of nitrogens with one attached hydrogen (secondary N) is 1. The van der Waals surface area contributed by atoms with Crippen LogP contribution >= 0.6 is 0 Å². The lowest BCUT2D eigenvalue weighted by Crippen LogP contribution is -2.53. The van der Waals surface area contributed by atoms with Crippen molar-refractivity contribution in [1.82, 2.24) is 10.2 Å². The first-order chi connectivity index (χ1) is 20.2. The van der Waals surface area contributed by atoms with Crippen molar-refractivity contribution in [3.8, 4) is 5.75 Å². The molecule has 1 fully saturated rings. The monoisotopic (exact) mass is 591 g/mol. The fourth-order valence-electron chi connectivity index (χ4n) is 5.31. The minimum Gasteiger partial charge on any atom is -0.494 e. The smallest absolute Gasteiger partial charge is 0.264 e. The number of hydrogen-bond acceptors (Lipinski definition) is 5. The van der Waals surface area contributed by atoms with Crippen LogP contribution in [0.25, 0.3) is 0 Å². The fraction of sp³-hybridized carbons (Fsp3) is 0.394. The van der Waals surface area contributed by atoms with Gasteiger partial charge in [-0.3, -0.25) is 13.9 Å². The predicted molar refractivity (Wildman–Crippen MR) is 165 cm³/mol. The SMILES string of the molecule is CCOc1ccc(N(CC(=O)N(Cc2ccccc2)[C@H](CC)C(=O)NC2CCCC2)S(=O)(=O)c2ccc(C)cc2)cc1. The minimum absolute atomic E-state index is 0.0791. The minimum atomic E-state index is -4.12. The molecular formula is C33H41N3O5S. The van der Waals surface area contributed by atoms with Gasteiger partial charge in [0.05, 0.1) is 17.2 Å². The first-order valence-corrected chi connectivity index (χ1v) is 16.1. The van der Waals surface area contributed by atoms with Gasteiger partial charge in [-0.25, -0.2) is 8.42 Å². The zero-order valence-electron chi connectivity index (χ0n) is 24.7. The zero-order valence-corrected chi connectivity index (χ0v) is 25.5. The van der Waals surface area contributed by atoms with Gasteiger partial charge in [0.15, 0.2) is 0 Å². The van der Waals surface area contributed by atoms with Crippen LogP contribution in [-0.4, -0.2) is 50.4 Å². The maximum Gasteiger partial charge on any atom is 0.264 e. The third-order valence-corrected chi connectivity index (χ3v) is 9.39. The van der Waals surface area contributed by atoms with Crippen LogP contribution in [0.4, 0.5) is 5.69 Å². The normalized spacial score (nSPS) is 14.3. The summed E-state index contributed by atoms with van der Waals surface area (Å²) in [5, 5.41) is 3.14. The molecule has 0 spiro atoms. The van der Waals surface area contributed by atoms with Crippen LogP contribution in [0, 0.1) is 6.92 Å². The van der Waals surface area contributed by atoms with E-state index in [9.17, 15) is 18.0 Å². The van der Waals surface area contributed by atoms with Crippen molar-refractivity contribution >= 4 is 27.5 Å². The molecule has 1 aliphatic carbocycles. The molecule has 1 aliphatic rings. The lowest BCUT2D eigenvalue weighted by molar-refractivity contribution is -0.140. The number of hydrogen-bond donors (Lipinski definition) is 1. The number of benzene rings is 3. The van der Waals surface area contributed by atoms with Gasteiger partial charge < -0.3 is 15.0 Å². The largest absolute Gasteiger partial charge is 0.494 e. The summed E-state index contributed by atoms with van der Waals surface area (Å²) in [7, 11) is -4.12. The summed E-state index contributed by atoms with van der Waals surface area (Å²) in [6.07, 6.45) is 4.39. The molecule has 3 aromatic rings. The van der Waals surface area contributed by atoms with Crippen molar-refractivity contribution in [2.75, 3.05) is 17.5 Å². The van der Waals surface area contributed by atoms with Gasteiger partial charge in [0, 0.05) is 12.6 Å². The highest BCUT2D eigenvalue weighted by atomic mass is 32.2. The molecule has 0 unspecified atom stereocenters. The Morgan fingerprint density at radius 3 is 2.17 bits per heavy atom. The van der Waals surface area contributed by atoms with Crippen LogP contribution in [0.15, 0.2) is 83.8 Å². The lowest BCUT2D eigenvalue weighted by atomic mass is 10.1. The molecule has 0 heterocycles. The average molecular weight is 592 g/mol. The molecule has 0 radical (unpaired) electrons. The number of nitrogens with zero attached hydrogens (tertiary/aromatic N) is 2. The number of sulfonamides is 1. The highest BCUT2D eigenvalue weighted by Crippen LogP contribution is 2.27. The van der Waals surface area contributed by atoms with Gasteiger partial charge in [0.25, 0.3) is 10.0 Å². The van der Waals surface area contributed by atoms with E-state index in [1.54, 1.807) is 48.5 Å². The molecular weight excluding hydrogens is 550 g/mol. The summed E-state index contributed by atoms with van der Waals surface area (Å²) in [4.78, 5) is 29.3. The molecule has 0 saturated heterocycles. The zero-order chi connectivity index (χ0) is 30.1. The Bertz CT molecular complexity index is 1420. The molecule has 3 aromatic carbocycles. The Balaban J connectivity index is 1.70. The van der Waals surface area contributed by atoms with E-state index in [0.717, 1.165) is 41.1 Å². The highest BCUT2D eigenvalue weighted by Gasteiger charge is 2.34. The maximum absolute atomic E-state index is 14.2. The molecule has 1 atom stereocenters. The third kappa shape index (κ3) is 7.70. The molecule has 0 aromatic heterocycles. The van der Waals surface area contributed by atoms with Crippen molar-refractivity contribution in [2.45, 2.75) is 76.4 Å². The van der Waals surface area contributed by atoms with Gasteiger partial charge in [-0.15, -0.1) is 0 Å². The second-order valence-corrected chi connectivity index (χ2v) is 12.5. The summed E-state index contributed by atoms with van der Waals surface area (Å²) in [6.45, 7) is 5.81. The lowest BCUT2D eigenvalue weighted by Gasteiger charge is -2.33. The molecule has 2 amide bonds. The standard InChI is InChI=1S/C33H41N3O5S/c1-4-31(33(38)34-27-13-9-10-14-27)35(23-26-11-7-6-8-12-26)32(37)24-36(28-17-19-29(20-18-28)41-5-2)42(39,40)30-21-15-25(3)16-22-30/h6-8,11-12,15-22,27,31H,4-5,9-10,13-14,23-24H2,1-3H3,(H,34,38)/t31-/m1/s1. The quantitative estimate of drug-likeness (QED) is 0.285. The van der Waals surface area contributed by atoms with Crippen molar-refractivity contribution in [3.63, 3.8) is 0 Å². The first kappa shape index (κ1) is 31.1. The van der Waals surface area contributed by atoms with Gasteiger partial charge >= 0.3 is 0 Å².